The number of ether oxygens (including phenoxy) is 1. The van der Waals surface area contributed by atoms with Crippen molar-refractivity contribution in [1.29, 1.82) is 0 Å². The van der Waals surface area contributed by atoms with Crippen molar-refractivity contribution < 1.29 is 9.26 Å². The second-order valence-electron chi connectivity index (χ2n) is 10.6. The quantitative estimate of drug-likeness (QED) is 0.0754. The van der Waals surface area contributed by atoms with Gasteiger partial charge in [-0.1, -0.05) is 115 Å². The van der Waals surface area contributed by atoms with Gasteiger partial charge < -0.3 is 9.26 Å². The van der Waals surface area contributed by atoms with Gasteiger partial charge in [-0.25, -0.2) is 0 Å². The lowest BCUT2D eigenvalue weighted by molar-refractivity contribution is 0.218. The van der Waals surface area contributed by atoms with Crippen LogP contribution in [-0.4, -0.2) is 38.5 Å². The Hall–Kier alpha value is -2.63. The monoisotopic (exact) mass is 638 g/mol. The van der Waals surface area contributed by atoms with Crippen molar-refractivity contribution in [2.75, 3.05) is 38.5 Å². The van der Waals surface area contributed by atoms with Crippen LogP contribution in [0.5, 0.6) is 0 Å². The van der Waals surface area contributed by atoms with E-state index in [1.165, 1.54) is 43.2 Å². The molecule has 1 aliphatic carbocycles. The van der Waals surface area contributed by atoms with E-state index in [1.54, 1.807) is 7.11 Å². The van der Waals surface area contributed by atoms with Gasteiger partial charge in [0.25, 0.3) is 0 Å². The van der Waals surface area contributed by atoms with Crippen LogP contribution in [0.3, 0.4) is 0 Å². The van der Waals surface area contributed by atoms with E-state index in [0.29, 0.717) is 6.61 Å². The number of benzene rings is 5. The molecule has 6 rings (SSSR count). The predicted molar refractivity (Wildman–Crippen MR) is 189 cm³/mol. The van der Waals surface area contributed by atoms with Crippen molar-refractivity contribution in [1.82, 2.24) is 0 Å². The van der Waals surface area contributed by atoms with Crippen LogP contribution in [0.1, 0.15) is 22.3 Å². The lowest BCUT2D eigenvalue weighted by Crippen LogP contribution is -2.28. The zero-order chi connectivity index (χ0) is 29.7. The fourth-order valence-electron chi connectivity index (χ4n) is 6.01. The summed E-state index contributed by atoms with van der Waals surface area (Å²) in [5, 5.41) is 1.13. The molecule has 1 atom stereocenters. The maximum Gasteiger partial charge on any atom is 0.0918 e. The topological polar surface area (TPSA) is 18.5 Å². The summed E-state index contributed by atoms with van der Waals surface area (Å²) in [6, 6.07) is 46.3. The van der Waals surface area contributed by atoms with E-state index in [2.05, 4.69) is 116 Å². The van der Waals surface area contributed by atoms with E-state index in [1.807, 2.05) is 41.7 Å². The first-order valence-electron chi connectivity index (χ1n) is 14.5. The second kappa shape index (κ2) is 13.6. The van der Waals surface area contributed by atoms with Crippen LogP contribution in [0, 0.1) is 0 Å². The molecule has 1 unspecified atom stereocenters. The molecule has 0 saturated carbocycles. The lowest BCUT2D eigenvalue weighted by Gasteiger charge is -2.34. The van der Waals surface area contributed by atoms with Gasteiger partial charge >= 0.3 is 0 Å². The minimum absolute atomic E-state index is 0.389. The lowest BCUT2D eigenvalue weighted by atomic mass is 9.68. The number of rotatable bonds is 12. The minimum atomic E-state index is -1.99. The summed E-state index contributed by atoms with van der Waals surface area (Å²) in [6.07, 6.45) is -1.99. The summed E-state index contributed by atoms with van der Waals surface area (Å²) in [4.78, 5) is 2.49. The average molecular weight is 639 g/mol. The van der Waals surface area contributed by atoms with Gasteiger partial charge in [0.15, 0.2) is 0 Å². The number of methoxy groups -OCH3 is 1. The molecule has 0 saturated heterocycles. The summed E-state index contributed by atoms with van der Waals surface area (Å²) in [5.41, 5.74) is 7.45. The van der Waals surface area contributed by atoms with Gasteiger partial charge in [-0.05, 0) is 64.3 Å². The Kier molecular flexibility index (Phi) is 9.59. The molecule has 0 aromatic heterocycles. The molecule has 0 aliphatic heterocycles. The molecule has 0 spiro atoms. The highest BCUT2D eigenvalue weighted by atomic mass is 32.4. The van der Waals surface area contributed by atoms with Crippen LogP contribution in [-0.2, 0) is 26.5 Å². The highest BCUT2D eigenvalue weighted by molar-refractivity contribution is 8.15. The molecule has 1 aliphatic rings. The summed E-state index contributed by atoms with van der Waals surface area (Å²) in [5.74, 6) is 1.80. The normalized spacial score (nSPS) is 14.6. The second-order valence-corrected chi connectivity index (χ2v) is 17.5. The maximum atomic E-state index is 6.23. The van der Waals surface area contributed by atoms with Crippen molar-refractivity contribution in [3.63, 3.8) is 0 Å². The number of hydrogen-bond donors (Lipinski definition) is 0. The van der Waals surface area contributed by atoms with Crippen molar-refractivity contribution in [2.45, 2.75) is 15.2 Å². The van der Waals surface area contributed by atoms with Crippen LogP contribution >= 0.6 is 29.8 Å². The van der Waals surface area contributed by atoms with Gasteiger partial charge in [-0.2, -0.15) is 0 Å². The highest BCUT2D eigenvalue weighted by Crippen LogP contribution is 2.56. The molecular formula is C37H35O2PS3. The van der Waals surface area contributed by atoms with E-state index >= 15 is 0 Å². The molecule has 5 aromatic rings. The molecule has 0 N–H and O–H groups in total. The van der Waals surface area contributed by atoms with Crippen LogP contribution in [0.15, 0.2) is 137 Å². The van der Waals surface area contributed by atoms with Crippen LogP contribution < -0.4 is 5.30 Å². The number of thioether (sulfide) groups is 2. The van der Waals surface area contributed by atoms with Crippen LogP contribution in [0.25, 0.3) is 11.1 Å². The predicted octanol–water partition coefficient (Wildman–Crippen LogP) is 9.25. The third-order valence-corrected chi connectivity index (χ3v) is 12.8. The molecule has 5 aromatic carbocycles. The minimum Gasteiger partial charge on any atom is -0.384 e. The zero-order valence-corrected chi connectivity index (χ0v) is 27.8. The molecule has 43 heavy (non-hydrogen) atoms. The Morgan fingerprint density at radius 1 is 0.605 bits per heavy atom. The zero-order valence-electron chi connectivity index (χ0n) is 24.4. The van der Waals surface area contributed by atoms with E-state index in [9.17, 15) is 0 Å². The smallest absolute Gasteiger partial charge is 0.0918 e. The third-order valence-electron chi connectivity index (χ3n) is 8.00. The molecular weight excluding hydrogens is 604 g/mol. The van der Waals surface area contributed by atoms with Gasteiger partial charge in [-0.3, -0.25) is 0 Å². The van der Waals surface area contributed by atoms with Gasteiger partial charge in [0.2, 0.25) is 0 Å². The molecule has 6 heteroatoms. The van der Waals surface area contributed by atoms with E-state index in [4.69, 9.17) is 21.1 Å². The largest absolute Gasteiger partial charge is 0.384 e. The highest BCUT2D eigenvalue weighted by Gasteiger charge is 2.45. The Morgan fingerprint density at radius 2 is 1.07 bits per heavy atom. The SMILES string of the molecule is COCCSc1ccc(C2(c3ccc(SCCOP(C)(=S)c4ccccc4)cc3)c3ccccc3-c3ccccc32)cc1. The van der Waals surface area contributed by atoms with Crippen molar-refractivity contribution in [2.24, 2.45) is 0 Å². The van der Waals surface area contributed by atoms with E-state index in [-0.39, 0.29) is 5.41 Å². The van der Waals surface area contributed by atoms with E-state index in [0.717, 1.165) is 23.4 Å². The van der Waals surface area contributed by atoms with E-state index < -0.39 is 6.26 Å². The molecule has 0 heterocycles. The molecule has 0 bridgehead atoms. The van der Waals surface area contributed by atoms with Crippen molar-refractivity contribution in [3.05, 3.63) is 150 Å². The first kappa shape index (κ1) is 30.4. The first-order valence-corrected chi connectivity index (χ1v) is 19.6. The molecule has 0 radical (unpaired) electrons. The Bertz CT molecular complexity index is 1670. The number of fused-ring (bicyclic) bond motifs is 3. The fourth-order valence-corrected chi connectivity index (χ4v) is 9.57. The number of hydrogen-bond acceptors (Lipinski definition) is 5. The maximum absolute atomic E-state index is 6.23. The standard InChI is InChI=1S/C37H35O2PS3/c1-38-24-26-42-31-20-16-28(17-21-31)37(35-14-8-6-12-33(35)34-13-7-9-15-36(34)37)29-18-22-32(23-19-29)43-27-25-39-40(2,41)30-10-4-3-5-11-30/h3-23H,24-27H2,1-2H3. The first-order chi connectivity index (χ1) is 21.0. The average Bonchev–Trinajstić information content (AvgIpc) is 3.35. The molecule has 2 nitrogen and oxygen atoms in total. The Balaban J connectivity index is 1.29. The Morgan fingerprint density at radius 3 is 1.58 bits per heavy atom. The summed E-state index contributed by atoms with van der Waals surface area (Å²) >= 11 is 9.50. The summed E-state index contributed by atoms with van der Waals surface area (Å²) in [6.45, 7) is 3.45. The fraction of sp³-hybridized carbons (Fsp3) is 0.189. The molecule has 218 valence electrons. The van der Waals surface area contributed by atoms with Crippen LogP contribution in [0.4, 0.5) is 0 Å². The third kappa shape index (κ3) is 6.17. The van der Waals surface area contributed by atoms with Crippen molar-refractivity contribution >= 4 is 46.9 Å². The van der Waals surface area contributed by atoms with Gasteiger partial charge in [0.05, 0.1) is 24.9 Å². The van der Waals surface area contributed by atoms with Crippen LogP contribution in [0.2, 0.25) is 0 Å². The molecule has 0 fully saturated rings. The molecule has 0 amide bonds. The van der Waals surface area contributed by atoms with Gasteiger partial charge in [0.1, 0.15) is 0 Å². The summed E-state index contributed by atoms with van der Waals surface area (Å²) in [7, 11) is 1.75. The Labute approximate surface area is 269 Å². The van der Waals surface area contributed by atoms with Gasteiger partial charge in [-0.15, -0.1) is 23.5 Å². The van der Waals surface area contributed by atoms with Gasteiger partial charge in [0, 0.05) is 33.7 Å². The summed E-state index contributed by atoms with van der Waals surface area (Å²) < 4.78 is 11.5. The van der Waals surface area contributed by atoms with Crippen molar-refractivity contribution in [3.8, 4) is 11.1 Å².